The van der Waals surface area contributed by atoms with Gasteiger partial charge in [0.15, 0.2) is 0 Å². The number of hydrogen-bond donors (Lipinski definition) is 0. The van der Waals surface area contributed by atoms with Gasteiger partial charge in [0.05, 0.1) is 23.0 Å². The van der Waals surface area contributed by atoms with E-state index >= 15 is 0 Å². The second-order valence-corrected chi connectivity index (χ2v) is 15.3. The lowest BCUT2D eigenvalue weighted by atomic mass is 9.84. The molecule has 3 atom stereocenters. The van der Waals surface area contributed by atoms with Crippen molar-refractivity contribution in [3.05, 3.63) is 83.9 Å². The highest BCUT2D eigenvalue weighted by Gasteiger charge is 2.33. The molecule has 4 heteroatoms. The minimum Gasteiger partial charge on any atom is -0.462 e. The number of esters is 2. The van der Waals surface area contributed by atoms with Crippen LogP contribution in [0.15, 0.2) is 61.7 Å². The number of rotatable bonds is 22. The van der Waals surface area contributed by atoms with E-state index in [9.17, 15) is 9.59 Å². The minimum atomic E-state index is -0.688. The first-order valence-electron chi connectivity index (χ1n) is 18.5. The summed E-state index contributed by atoms with van der Waals surface area (Å²) in [5.74, 6) is 0.355. The molecule has 0 saturated heterocycles. The van der Waals surface area contributed by atoms with Crippen molar-refractivity contribution in [2.75, 3.05) is 0 Å². The second kappa shape index (κ2) is 19.8. The maximum atomic E-state index is 13.1. The zero-order valence-corrected chi connectivity index (χ0v) is 31.9. The molecule has 0 aromatic heterocycles. The molecule has 2 rings (SSSR count). The molecule has 4 nitrogen and oxygen atoms in total. The van der Waals surface area contributed by atoms with Gasteiger partial charge in [-0.3, -0.25) is 9.59 Å². The average Bonchev–Trinajstić information content (AvgIpc) is 3.05. The fourth-order valence-electron chi connectivity index (χ4n) is 6.13. The number of ether oxygens (including phenoxy) is 2. The Balaban J connectivity index is 1.58. The molecule has 2 aromatic rings. The molecule has 2 aromatic carbocycles. The molecular weight excluding hydrogens is 592 g/mol. The Bertz CT molecular complexity index is 1300. The molecule has 3 unspecified atom stereocenters. The second-order valence-electron chi connectivity index (χ2n) is 15.3. The first-order valence-corrected chi connectivity index (χ1v) is 18.5. The fourth-order valence-corrected chi connectivity index (χ4v) is 6.13. The van der Waals surface area contributed by atoms with Gasteiger partial charge in [0, 0.05) is 0 Å². The van der Waals surface area contributed by atoms with Crippen LogP contribution in [0.2, 0.25) is 0 Å². The van der Waals surface area contributed by atoms with Crippen LogP contribution in [0.4, 0.5) is 0 Å². The lowest BCUT2D eigenvalue weighted by Crippen LogP contribution is -2.33. The molecule has 0 aliphatic rings. The standard InChI is InChI=1S/C44H66O4/c1-12-36(23-22-35(7)48-42(46)44(10,11)40-30-26-38(27-31-40)33(4)5)21-19-17-15-13-14-16-18-20-34(6)47-41(45)43(8,9)39-28-24-37(25-29-39)32(2)3/h24-31,34-36H,2,4,12-23H2,1,3,5-11H3. The molecule has 0 radical (unpaired) electrons. The number of carbonyl (C=O) groups excluding carboxylic acids is 2. The van der Waals surface area contributed by atoms with Gasteiger partial charge in [-0.1, -0.05) is 131 Å². The van der Waals surface area contributed by atoms with E-state index in [2.05, 4.69) is 20.1 Å². The predicted octanol–water partition coefficient (Wildman–Crippen LogP) is 12.2. The van der Waals surface area contributed by atoms with Gasteiger partial charge in [-0.25, -0.2) is 0 Å². The van der Waals surface area contributed by atoms with Gasteiger partial charge < -0.3 is 9.47 Å². The molecule has 0 heterocycles. The van der Waals surface area contributed by atoms with E-state index in [1.807, 2.05) is 104 Å². The van der Waals surface area contributed by atoms with E-state index in [1.54, 1.807) is 0 Å². The first kappa shape index (κ1) is 41.0. The summed E-state index contributed by atoms with van der Waals surface area (Å²) in [4.78, 5) is 26.0. The summed E-state index contributed by atoms with van der Waals surface area (Å²) >= 11 is 0. The summed E-state index contributed by atoms with van der Waals surface area (Å²) in [5.41, 5.74) is 4.77. The van der Waals surface area contributed by atoms with Gasteiger partial charge in [-0.15, -0.1) is 0 Å². The zero-order chi connectivity index (χ0) is 35.9. The predicted molar refractivity (Wildman–Crippen MR) is 204 cm³/mol. The minimum absolute atomic E-state index is 0.0747. The average molecular weight is 659 g/mol. The van der Waals surface area contributed by atoms with E-state index in [-0.39, 0.29) is 24.1 Å². The Labute approximate surface area is 293 Å². The van der Waals surface area contributed by atoms with Crippen molar-refractivity contribution in [2.45, 2.75) is 162 Å². The summed E-state index contributed by atoms with van der Waals surface area (Å²) in [7, 11) is 0. The van der Waals surface area contributed by atoms with Crippen molar-refractivity contribution < 1.29 is 19.1 Å². The molecule has 0 saturated carbocycles. The first-order chi connectivity index (χ1) is 22.6. The molecule has 48 heavy (non-hydrogen) atoms. The highest BCUT2D eigenvalue weighted by atomic mass is 16.5. The van der Waals surface area contributed by atoms with Gasteiger partial charge in [-0.05, 0) is 109 Å². The van der Waals surface area contributed by atoms with Crippen molar-refractivity contribution in [3.63, 3.8) is 0 Å². The Kier molecular flexibility index (Phi) is 16.9. The molecule has 266 valence electrons. The van der Waals surface area contributed by atoms with Crippen molar-refractivity contribution in [3.8, 4) is 0 Å². The van der Waals surface area contributed by atoms with E-state index in [4.69, 9.17) is 9.47 Å². The largest absolute Gasteiger partial charge is 0.462 e. The Morgan fingerprint density at radius 2 is 0.938 bits per heavy atom. The van der Waals surface area contributed by atoms with Crippen LogP contribution in [0, 0.1) is 5.92 Å². The van der Waals surface area contributed by atoms with E-state index in [1.165, 1.54) is 51.4 Å². The summed E-state index contributed by atoms with van der Waals surface area (Å²) < 4.78 is 11.8. The fraction of sp³-hybridized carbons (Fsp3) is 0.591. The van der Waals surface area contributed by atoms with Crippen LogP contribution < -0.4 is 0 Å². The zero-order valence-electron chi connectivity index (χ0n) is 31.9. The summed E-state index contributed by atoms with van der Waals surface area (Å²) in [6.07, 6.45) is 13.7. The van der Waals surface area contributed by atoms with Crippen LogP contribution in [-0.4, -0.2) is 24.1 Å². The topological polar surface area (TPSA) is 52.6 Å². The molecule has 0 fully saturated rings. The van der Waals surface area contributed by atoms with Crippen molar-refractivity contribution in [1.29, 1.82) is 0 Å². The number of carbonyl (C=O) groups is 2. The summed E-state index contributed by atoms with van der Waals surface area (Å²) in [5, 5.41) is 0. The molecule has 0 amide bonds. The highest BCUT2D eigenvalue weighted by Crippen LogP contribution is 2.29. The van der Waals surface area contributed by atoms with Crippen LogP contribution in [0.3, 0.4) is 0 Å². The van der Waals surface area contributed by atoms with Crippen LogP contribution in [-0.2, 0) is 29.9 Å². The molecule has 0 aliphatic heterocycles. The van der Waals surface area contributed by atoms with Gasteiger partial charge >= 0.3 is 11.9 Å². The Hall–Kier alpha value is -3.14. The lowest BCUT2D eigenvalue weighted by Gasteiger charge is -2.26. The number of hydrogen-bond acceptors (Lipinski definition) is 4. The number of allylic oxidation sites excluding steroid dienone is 2. The van der Waals surface area contributed by atoms with E-state index in [0.29, 0.717) is 5.92 Å². The molecule has 0 bridgehead atoms. The van der Waals surface area contributed by atoms with Crippen molar-refractivity contribution in [1.82, 2.24) is 0 Å². The molecular formula is C44H66O4. The Morgan fingerprint density at radius 3 is 1.31 bits per heavy atom. The third kappa shape index (κ3) is 13.1. The molecule has 0 spiro atoms. The summed E-state index contributed by atoms with van der Waals surface area (Å²) in [6.45, 7) is 26.0. The van der Waals surface area contributed by atoms with Crippen LogP contribution in [0.5, 0.6) is 0 Å². The van der Waals surface area contributed by atoms with Crippen LogP contribution >= 0.6 is 0 Å². The highest BCUT2D eigenvalue weighted by molar-refractivity contribution is 5.83. The maximum absolute atomic E-state index is 13.1. The monoisotopic (exact) mass is 658 g/mol. The van der Waals surface area contributed by atoms with Gasteiger partial charge in [0.2, 0.25) is 0 Å². The normalized spacial score (nSPS) is 13.8. The maximum Gasteiger partial charge on any atom is 0.316 e. The lowest BCUT2D eigenvalue weighted by molar-refractivity contribution is -0.155. The van der Waals surface area contributed by atoms with E-state index in [0.717, 1.165) is 59.1 Å². The van der Waals surface area contributed by atoms with E-state index < -0.39 is 10.8 Å². The molecule has 0 aliphatic carbocycles. The van der Waals surface area contributed by atoms with Crippen LogP contribution in [0.25, 0.3) is 11.1 Å². The quantitative estimate of drug-likeness (QED) is 0.0933. The van der Waals surface area contributed by atoms with Gasteiger partial charge in [0.1, 0.15) is 0 Å². The molecule has 0 N–H and O–H groups in total. The number of benzene rings is 2. The number of unbranched alkanes of at least 4 members (excludes halogenated alkanes) is 6. The van der Waals surface area contributed by atoms with Crippen molar-refractivity contribution in [2.24, 2.45) is 5.92 Å². The third-order valence-electron chi connectivity index (χ3n) is 10.1. The third-order valence-corrected chi connectivity index (χ3v) is 10.1. The Morgan fingerprint density at radius 1 is 0.583 bits per heavy atom. The smallest absolute Gasteiger partial charge is 0.316 e. The van der Waals surface area contributed by atoms with Crippen molar-refractivity contribution >= 4 is 23.1 Å². The SMILES string of the molecule is C=C(C)c1ccc(C(C)(C)C(=O)OC(C)CCCCCCCCCC(CC)CCC(C)OC(=O)C(C)(C)c2ccc(C(=C)C)cc2)cc1. The van der Waals surface area contributed by atoms with Gasteiger partial charge in [0.25, 0.3) is 0 Å². The summed E-state index contributed by atoms with van der Waals surface area (Å²) in [6, 6.07) is 16.1. The van der Waals surface area contributed by atoms with Gasteiger partial charge in [-0.2, -0.15) is 0 Å². The van der Waals surface area contributed by atoms with Crippen LogP contribution in [0.1, 0.15) is 162 Å².